The molecule has 2 aromatic heterocycles. The van der Waals surface area contributed by atoms with Crippen LogP contribution in [-0.2, 0) is 19.6 Å². The van der Waals surface area contributed by atoms with Crippen LogP contribution >= 0.6 is 0 Å². The second-order valence-electron chi connectivity index (χ2n) is 7.10. The third-order valence-electron chi connectivity index (χ3n) is 5.56. The molecule has 130 valence electrons. The summed E-state index contributed by atoms with van der Waals surface area (Å²) >= 11 is 0. The van der Waals surface area contributed by atoms with Gasteiger partial charge in [-0.1, -0.05) is 18.2 Å². The van der Waals surface area contributed by atoms with Crippen molar-refractivity contribution >= 4 is 10.9 Å². The second-order valence-corrected chi connectivity index (χ2v) is 7.10. The van der Waals surface area contributed by atoms with Gasteiger partial charge in [-0.2, -0.15) is 5.10 Å². The Balaban J connectivity index is 1.27. The van der Waals surface area contributed by atoms with Crippen LogP contribution in [0.3, 0.4) is 0 Å². The summed E-state index contributed by atoms with van der Waals surface area (Å²) in [5.41, 5.74) is 2.50. The number of aromatic nitrogens is 5. The SMILES string of the molecule is c1cc(CN2CCC(c3nnc4n3CCNC4)CC2)c2[nH]ncc2c1. The van der Waals surface area contributed by atoms with Crippen LogP contribution in [0, 0.1) is 0 Å². The van der Waals surface area contributed by atoms with E-state index in [4.69, 9.17) is 0 Å². The van der Waals surface area contributed by atoms with Crippen molar-refractivity contribution in [1.29, 1.82) is 0 Å². The number of hydrogen-bond acceptors (Lipinski definition) is 5. The molecule has 1 saturated heterocycles. The Labute approximate surface area is 146 Å². The molecule has 0 unspecified atom stereocenters. The highest BCUT2D eigenvalue weighted by molar-refractivity contribution is 5.81. The van der Waals surface area contributed by atoms with Gasteiger partial charge in [0, 0.05) is 30.9 Å². The van der Waals surface area contributed by atoms with Crippen LogP contribution in [0.4, 0.5) is 0 Å². The fraction of sp³-hybridized carbons (Fsp3) is 0.500. The minimum absolute atomic E-state index is 0.540. The molecule has 5 rings (SSSR count). The molecule has 7 heteroatoms. The summed E-state index contributed by atoms with van der Waals surface area (Å²) in [4.78, 5) is 2.54. The average Bonchev–Trinajstić information content (AvgIpc) is 3.30. The minimum Gasteiger partial charge on any atom is -0.312 e. The lowest BCUT2D eigenvalue weighted by Gasteiger charge is -2.32. The Morgan fingerprint density at radius 3 is 2.96 bits per heavy atom. The molecule has 25 heavy (non-hydrogen) atoms. The molecule has 2 aliphatic heterocycles. The Hall–Kier alpha value is -2.25. The predicted molar refractivity (Wildman–Crippen MR) is 95.1 cm³/mol. The second kappa shape index (κ2) is 6.24. The van der Waals surface area contributed by atoms with Crippen molar-refractivity contribution in [2.45, 2.75) is 38.4 Å². The number of rotatable bonds is 3. The van der Waals surface area contributed by atoms with Crippen LogP contribution in [0.25, 0.3) is 10.9 Å². The van der Waals surface area contributed by atoms with E-state index in [0.29, 0.717) is 5.92 Å². The first-order valence-corrected chi connectivity index (χ1v) is 9.14. The number of nitrogens with zero attached hydrogens (tertiary/aromatic N) is 5. The molecular formula is C18H23N7. The molecule has 0 radical (unpaired) electrons. The van der Waals surface area contributed by atoms with Crippen LogP contribution in [0.1, 0.15) is 36.0 Å². The molecule has 2 aliphatic rings. The maximum atomic E-state index is 4.51. The third-order valence-corrected chi connectivity index (χ3v) is 5.56. The van der Waals surface area contributed by atoms with Crippen molar-refractivity contribution < 1.29 is 0 Å². The average molecular weight is 337 g/mol. The van der Waals surface area contributed by atoms with Crippen LogP contribution < -0.4 is 5.32 Å². The lowest BCUT2D eigenvalue weighted by Crippen LogP contribution is -2.34. The molecule has 1 aromatic carbocycles. The van der Waals surface area contributed by atoms with Crippen molar-refractivity contribution in [3.05, 3.63) is 41.6 Å². The lowest BCUT2D eigenvalue weighted by atomic mass is 9.95. The van der Waals surface area contributed by atoms with Crippen molar-refractivity contribution in [1.82, 2.24) is 35.2 Å². The van der Waals surface area contributed by atoms with E-state index in [0.717, 1.165) is 57.9 Å². The Bertz CT molecular complexity index is 873. The van der Waals surface area contributed by atoms with Gasteiger partial charge in [-0.25, -0.2) is 0 Å². The van der Waals surface area contributed by atoms with Crippen molar-refractivity contribution in [2.75, 3.05) is 19.6 Å². The molecule has 0 saturated carbocycles. The fourth-order valence-electron chi connectivity index (χ4n) is 4.17. The van der Waals surface area contributed by atoms with Gasteiger partial charge in [0.05, 0.1) is 18.3 Å². The van der Waals surface area contributed by atoms with Crippen LogP contribution in [0.5, 0.6) is 0 Å². The quantitative estimate of drug-likeness (QED) is 0.760. The van der Waals surface area contributed by atoms with Gasteiger partial charge < -0.3 is 9.88 Å². The summed E-state index contributed by atoms with van der Waals surface area (Å²) in [5, 5.41) is 20.7. The van der Waals surface area contributed by atoms with Crippen molar-refractivity contribution in [3.8, 4) is 0 Å². The van der Waals surface area contributed by atoms with E-state index in [1.54, 1.807) is 0 Å². The van der Waals surface area contributed by atoms with Gasteiger partial charge >= 0.3 is 0 Å². The zero-order valence-electron chi connectivity index (χ0n) is 14.3. The van der Waals surface area contributed by atoms with E-state index in [9.17, 15) is 0 Å². The lowest BCUT2D eigenvalue weighted by molar-refractivity contribution is 0.200. The predicted octanol–water partition coefficient (Wildman–Crippen LogP) is 1.64. The van der Waals surface area contributed by atoms with Gasteiger partial charge in [-0.05, 0) is 31.5 Å². The van der Waals surface area contributed by atoms with E-state index < -0.39 is 0 Å². The maximum Gasteiger partial charge on any atom is 0.147 e. The molecule has 1 fully saturated rings. The molecule has 0 aliphatic carbocycles. The van der Waals surface area contributed by atoms with Gasteiger partial charge in [0.15, 0.2) is 0 Å². The number of hydrogen-bond donors (Lipinski definition) is 2. The van der Waals surface area contributed by atoms with E-state index in [1.807, 2.05) is 6.20 Å². The molecule has 0 spiro atoms. The first-order chi connectivity index (χ1) is 12.4. The summed E-state index contributed by atoms with van der Waals surface area (Å²) < 4.78 is 2.34. The topological polar surface area (TPSA) is 74.7 Å². The number of H-pyrrole nitrogens is 1. The number of benzene rings is 1. The summed E-state index contributed by atoms with van der Waals surface area (Å²) in [5.74, 6) is 2.83. The largest absolute Gasteiger partial charge is 0.312 e. The molecule has 0 atom stereocenters. The number of nitrogens with one attached hydrogen (secondary N) is 2. The van der Waals surface area contributed by atoms with Gasteiger partial charge in [0.25, 0.3) is 0 Å². The molecule has 2 N–H and O–H groups in total. The summed E-state index contributed by atoms with van der Waals surface area (Å²) in [6.07, 6.45) is 4.21. The zero-order chi connectivity index (χ0) is 16.6. The Kier molecular flexibility index (Phi) is 3.75. The van der Waals surface area contributed by atoms with Gasteiger partial charge in [0.2, 0.25) is 0 Å². The highest BCUT2D eigenvalue weighted by Gasteiger charge is 2.27. The van der Waals surface area contributed by atoms with Gasteiger partial charge in [-0.3, -0.25) is 10.00 Å². The normalized spacial score (nSPS) is 19.4. The summed E-state index contributed by atoms with van der Waals surface area (Å²) in [7, 11) is 0. The Morgan fingerprint density at radius 2 is 2.04 bits per heavy atom. The molecule has 0 amide bonds. The van der Waals surface area contributed by atoms with Crippen molar-refractivity contribution in [2.24, 2.45) is 0 Å². The van der Waals surface area contributed by atoms with Crippen LogP contribution in [-0.4, -0.2) is 49.5 Å². The number of fused-ring (bicyclic) bond motifs is 2. The summed E-state index contributed by atoms with van der Waals surface area (Å²) in [6.45, 7) is 6.06. The minimum atomic E-state index is 0.540. The zero-order valence-corrected chi connectivity index (χ0v) is 14.3. The van der Waals surface area contributed by atoms with Crippen molar-refractivity contribution in [3.63, 3.8) is 0 Å². The number of piperidine rings is 1. The van der Waals surface area contributed by atoms with E-state index in [2.05, 4.69) is 53.4 Å². The first-order valence-electron chi connectivity index (χ1n) is 9.14. The molecule has 3 aromatic rings. The molecule has 7 nitrogen and oxygen atoms in total. The smallest absolute Gasteiger partial charge is 0.147 e. The number of aromatic amines is 1. The molecule has 0 bridgehead atoms. The van der Waals surface area contributed by atoms with Gasteiger partial charge in [-0.15, -0.1) is 10.2 Å². The Morgan fingerprint density at radius 1 is 1.12 bits per heavy atom. The number of likely N-dealkylation sites (tertiary alicyclic amines) is 1. The monoisotopic (exact) mass is 337 g/mol. The van der Waals surface area contributed by atoms with E-state index >= 15 is 0 Å². The summed E-state index contributed by atoms with van der Waals surface area (Å²) in [6, 6.07) is 6.43. The van der Waals surface area contributed by atoms with Crippen LogP contribution in [0.2, 0.25) is 0 Å². The molecule has 4 heterocycles. The molecular weight excluding hydrogens is 314 g/mol. The highest BCUT2D eigenvalue weighted by Crippen LogP contribution is 2.29. The van der Waals surface area contributed by atoms with E-state index in [-0.39, 0.29) is 0 Å². The first kappa shape index (κ1) is 15.0. The van der Waals surface area contributed by atoms with E-state index in [1.165, 1.54) is 22.3 Å². The third kappa shape index (κ3) is 2.73. The number of para-hydroxylation sites is 1. The maximum absolute atomic E-state index is 4.51. The fourth-order valence-corrected chi connectivity index (χ4v) is 4.17. The highest BCUT2D eigenvalue weighted by atomic mass is 15.3. The standard InChI is InChI=1S/C18H23N7/c1-2-14-10-20-22-17(14)15(3-1)12-24-7-4-13(5-8-24)18-23-21-16-11-19-6-9-25(16)18/h1-3,10,13,19H,4-9,11-12H2,(H,20,22). The van der Waals surface area contributed by atoms with Crippen LogP contribution in [0.15, 0.2) is 24.4 Å². The van der Waals surface area contributed by atoms with Gasteiger partial charge in [0.1, 0.15) is 11.6 Å².